The first-order valence-electron chi connectivity index (χ1n) is 7.01. The molecule has 21 heavy (non-hydrogen) atoms. The molecule has 5 heteroatoms. The molecule has 1 aromatic carbocycles. The van der Waals surface area contributed by atoms with Crippen LogP contribution in [0.15, 0.2) is 24.3 Å². The van der Waals surface area contributed by atoms with Crippen molar-refractivity contribution < 1.29 is 13.2 Å². The number of likely N-dealkylation sites (N-methyl/N-ethyl adjacent to an activating group) is 1. The van der Waals surface area contributed by atoms with Crippen LogP contribution in [0.1, 0.15) is 23.1 Å². The lowest BCUT2D eigenvalue weighted by Gasteiger charge is -2.21. The number of hydrogen-bond acceptors (Lipinski definition) is 3. The van der Waals surface area contributed by atoms with Crippen LogP contribution in [-0.2, 0) is 14.6 Å². The average molecular weight is 307 g/mol. The van der Waals surface area contributed by atoms with Crippen LogP contribution in [-0.4, -0.2) is 43.8 Å². The zero-order chi connectivity index (χ0) is 15.6. The van der Waals surface area contributed by atoms with Crippen molar-refractivity contribution >= 4 is 21.8 Å². The van der Waals surface area contributed by atoms with Gasteiger partial charge in [-0.05, 0) is 37.5 Å². The molecule has 1 aromatic rings. The second-order valence-corrected chi connectivity index (χ2v) is 7.93. The Balaban J connectivity index is 2.05. The van der Waals surface area contributed by atoms with E-state index in [9.17, 15) is 13.2 Å². The Morgan fingerprint density at radius 3 is 2.62 bits per heavy atom. The molecular weight excluding hydrogens is 286 g/mol. The van der Waals surface area contributed by atoms with Gasteiger partial charge in [-0.1, -0.05) is 23.8 Å². The predicted octanol–water partition coefficient (Wildman–Crippen LogP) is 1.96. The van der Waals surface area contributed by atoms with Crippen LogP contribution in [0.2, 0.25) is 0 Å². The third kappa shape index (κ3) is 3.94. The van der Waals surface area contributed by atoms with E-state index >= 15 is 0 Å². The first-order valence-corrected chi connectivity index (χ1v) is 8.83. The van der Waals surface area contributed by atoms with Crippen molar-refractivity contribution in [3.8, 4) is 0 Å². The van der Waals surface area contributed by atoms with Gasteiger partial charge in [-0.3, -0.25) is 4.79 Å². The zero-order valence-corrected chi connectivity index (χ0v) is 13.5. The van der Waals surface area contributed by atoms with Gasteiger partial charge in [0.1, 0.15) is 0 Å². The molecule has 0 N–H and O–H groups in total. The van der Waals surface area contributed by atoms with Gasteiger partial charge >= 0.3 is 0 Å². The fourth-order valence-corrected chi connectivity index (χ4v) is 4.33. The first-order chi connectivity index (χ1) is 9.78. The molecule has 0 aliphatic carbocycles. The van der Waals surface area contributed by atoms with E-state index < -0.39 is 9.84 Å². The molecule has 1 aliphatic rings. The van der Waals surface area contributed by atoms with E-state index in [-0.39, 0.29) is 23.5 Å². The highest BCUT2D eigenvalue weighted by molar-refractivity contribution is 7.91. The summed E-state index contributed by atoms with van der Waals surface area (Å²) in [4.78, 5) is 13.7. The second-order valence-electron chi connectivity index (χ2n) is 5.70. The van der Waals surface area contributed by atoms with Gasteiger partial charge < -0.3 is 4.90 Å². The van der Waals surface area contributed by atoms with E-state index in [1.807, 2.05) is 26.0 Å². The number of nitrogens with zero attached hydrogens (tertiary/aromatic N) is 1. The average Bonchev–Trinajstić information content (AvgIpc) is 2.77. The number of amides is 1. The van der Waals surface area contributed by atoms with Crippen LogP contribution >= 0.6 is 0 Å². The van der Waals surface area contributed by atoms with E-state index in [0.29, 0.717) is 6.42 Å². The highest BCUT2D eigenvalue weighted by Gasteiger charge is 2.31. The lowest BCUT2D eigenvalue weighted by atomic mass is 10.1. The molecule has 1 atom stereocenters. The lowest BCUT2D eigenvalue weighted by molar-refractivity contribution is -0.126. The summed E-state index contributed by atoms with van der Waals surface area (Å²) in [6, 6.07) is 5.85. The fourth-order valence-electron chi connectivity index (χ4n) is 2.55. The van der Waals surface area contributed by atoms with E-state index in [0.717, 1.165) is 11.1 Å². The molecule has 1 saturated heterocycles. The number of carbonyl (C=O) groups excluding carboxylic acids is 1. The summed E-state index contributed by atoms with van der Waals surface area (Å²) in [6.07, 6.45) is 3.83. The molecule has 4 nitrogen and oxygen atoms in total. The minimum atomic E-state index is -2.97. The summed E-state index contributed by atoms with van der Waals surface area (Å²) in [5.74, 6) is 0.0972. The van der Waals surface area contributed by atoms with Gasteiger partial charge in [0.15, 0.2) is 9.84 Å². The van der Waals surface area contributed by atoms with Gasteiger partial charge in [0.05, 0.1) is 11.5 Å². The Labute approximate surface area is 126 Å². The molecule has 0 aromatic heterocycles. The molecule has 0 saturated carbocycles. The predicted molar refractivity (Wildman–Crippen MR) is 84.8 cm³/mol. The largest absolute Gasteiger partial charge is 0.338 e. The minimum Gasteiger partial charge on any atom is -0.338 e. The maximum atomic E-state index is 12.1. The molecule has 1 unspecified atom stereocenters. The second kappa shape index (κ2) is 6.02. The number of benzene rings is 1. The standard InChI is InChI=1S/C16H21NO3S/c1-12-4-5-14(13(2)10-12)6-7-16(18)17(3)15-8-9-21(19,20)11-15/h4-7,10,15H,8-9,11H2,1-3H3/b7-6+. The van der Waals surface area contributed by atoms with Crippen LogP contribution < -0.4 is 0 Å². The van der Waals surface area contributed by atoms with Crippen molar-refractivity contribution in [3.05, 3.63) is 41.0 Å². The molecule has 1 fully saturated rings. The van der Waals surface area contributed by atoms with Crippen LogP contribution in [0, 0.1) is 13.8 Å². The van der Waals surface area contributed by atoms with E-state index in [4.69, 9.17) is 0 Å². The highest BCUT2D eigenvalue weighted by atomic mass is 32.2. The van der Waals surface area contributed by atoms with Crippen LogP contribution in [0.5, 0.6) is 0 Å². The van der Waals surface area contributed by atoms with Crippen LogP contribution in [0.25, 0.3) is 6.08 Å². The molecule has 1 amide bonds. The number of rotatable bonds is 3. The summed E-state index contributed by atoms with van der Waals surface area (Å²) in [5.41, 5.74) is 3.30. The van der Waals surface area contributed by atoms with E-state index in [1.165, 1.54) is 16.5 Å². The first kappa shape index (κ1) is 15.8. The summed E-state index contributed by atoms with van der Waals surface area (Å²) in [7, 11) is -1.30. The molecule has 1 aliphatic heterocycles. The van der Waals surface area contributed by atoms with Crippen molar-refractivity contribution in [1.29, 1.82) is 0 Å². The molecule has 114 valence electrons. The minimum absolute atomic E-state index is 0.0760. The van der Waals surface area contributed by atoms with Crippen LogP contribution in [0.4, 0.5) is 0 Å². The molecule has 1 heterocycles. The monoisotopic (exact) mass is 307 g/mol. The van der Waals surface area contributed by atoms with Gasteiger partial charge in [0.25, 0.3) is 0 Å². The van der Waals surface area contributed by atoms with Crippen molar-refractivity contribution in [3.63, 3.8) is 0 Å². The molecule has 0 spiro atoms. The smallest absolute Gasteiger partial charge is 0.246 e. The summed E-state index contributed by atoms with van der Waals surface area (Å²) in [6.45, 7) is 4.03. The highest BCUT2D eigenvalue weighted by Crippen LogP contribution is 2.17. The van der Waals surface area contributed by atoms with Crippen molar-refractivity contribution in [1.82, 2.24) is 4.90 Å². The van der Waals surface area contributed by atoms with Gasteiger partial charge in [-0.2, -0.15) is 0 Å². The number of hydrogen-bond donors (Lipinski definition) is 0. The van der Waals surface area contributed by atoms with Gasteiger partial charge in [0, 0.05) is 19.2 Å². The number of carbonyl (C=O) groups is 1. The molecular formula is C16H21NO3S. The zero-order valence-electron chi connectivity index (χ0n) is 12.7. The van der Waals surface area contributed by atoms with Gasteiger partial charge in [0.2, 0.25) is 5.91 Å². The van der Waals surface area contributed by atoms with Crippen molar-refractivity contribution in [2.45, 2.75) is 26.3 Å². The maximum Gasteiger partial charge on any atom is 0.246 e. The SMILES string of the molecule is Cc1ccc(/C=C/C(=O)N(C)C2CCS(=O)(=O)C2)c(C)c1. The number of sulfone groups is 1. The summed E-state index contributed by atoms with van der Waals surface area (Å²) >= 11 is 0. The Hall–Kier alpha value is -1.62. The number of aryl methyl sites for hydroxylation is 2. The summed E-state index contributed by atoms with van der Waals surface area (Å²) in [5, 5.41) is 0. The molecule has 2 rings (SSSR count). The lowest BCUT2D eigenvalue weighted by Crippen LogP contribution is -2.36. The fraction of sp³-hybridized carbons (Fsp3) is 0.438. The quantitative estimate of drug-likeness (QED) is 0.802. The van der Waals surface area contributed by atoms with Crippen LogP contribution in [0.3, 0.4) is 0 Å². The van der Waals surface area contributed by atoms with Gasteiger partial charge in [-0.15, -0.1) is 0 Å². The third-order valence-electron chi connectivity index (χ3n) is 3.93. The van der Waals surface area contributed by atoms with Crippen molar-refractivity contribution in [2.75, 3.05) is 18.6 Å². The van der Waals surface area contributed by atoms with E-state index in [2.05, 4.69) is 6.07 Å². The molecule has 0 bridgehead atoms. The Bertz CT molecular complexity index is 677. The topological polar surface area (TPSA) is 54.5 Å². The Kier molecular flexibility index (Phi) is 4.52. The maximum absolute atomic E-state index is 12.1. The normalized spacial score (nSPS) is 20.8. The summed E-state index contributed by atoms with van der Waals surface area (Å²) < 4.78 is 22.9. The Morgan fingerprint density at radius 2 is 2.05 bits per heavy atom. The van der Waals surface area contributed by atoms with Gasteiger partial charge in [-0.25, -0.2) is 8.42 Å². The van der Waals surface area contributed by atoms with E-state index in [1.54, 1.807) is 13.1 Å². The third-order valence-corrected chi connectivity index (χ3v) is 5.68. The molecule has 0 radical (unpaired) electrons. The van der Waals surface area contributed by atoms with Crippen molar-refractivity contribution in [2.24, 2.45) is 0 Å². The Morgan fingerprint density at radius 1 is 1.33 bits per heavy atom.